The van der Waals surface area contributed by atoms with E-state index in [1.807, 2.05) is 0 Å². The number of aliphatic imine (C=N–C) groups is 1. The molecule has 1 unspecified atom stereocenters. The summed E-state index contributed by atoms with van der Waals surface area (Å²) in [6.07, 6.45) is 5.91. The molecule has 1 rings (SSSR count). The Morgan fingerprint density at radius 1 is 1.62 bits per heavy atom. The summed E-state index contributed by atoms with van der Waals surface area (Å²) in [5, 5.41) is 2.50. The molecule has 0 aromatic rings. The van der Waals surface area contributed by atoms with Gasteiger partial charge >= 0.3 is 0 Å². The highest BCUT2D eigenvalue weighted by atomic mass is 32.1. The Hall–Kier alpha value is -0.460. The lowest BCUT2D eigenvalue weighted by Gasteiger charge is -2.31. The van der Waals surface area contributed by atoms with E-state index >= 15 is 0 Å². The number of hydrogen-bond acceptors (Lipinski definition) is 2. The summed E-state index contributed by atoms with van der Waals surface area (Å²) in [5.74, 6) is 0.631. The molecule has 0 aromatic carbocycles. The fourth-order valence-electron chi connectivity index (χ4n) is 1.82. The van der Waals surface area contributed by atoms with Crippen molar-refractivity contribution < 1.29 is 0 Å². The van der Waals surface area contributed by atoms with Gasteiger partial charge in [0.25, 0.3) is 0 Å². The maximum atomic E-state index is 4.66. The van der Waals surface area contributed by atoms with E-state index in [9.17, 15) is 0 Å². The van der Waals surface area contributed by atoms with Crippen LogP contribution in [0.1, 0.15) is 40.0 Å². The molecule has 1 nitrogen and oxygen atoms in total. The zero-order valence-electron chi connectivity index (χ0n) is 8.63. The highest BCUT2D eigenvalue weighted by molar-refractivity contribution is 7.78. The minimum atomic E-state index is -0.0288. The first-order valence-corrected chi connectivity index (χ1v) is 5.22. The van der Waals surface area contributed by atoms with Crippen molar-refractivity contribution in [1.29, 1.82) is 0 Å². The number of thiocarbonyl (C=S) groups is 1. The van der Waals surface area contributed by atoms with Crippen molar-refractivity contribution in [2.24, 2.45) is 10.9 Å². The Labute approximate surface area is 85.9 Å². The number of nitrogens with zero attached hydrogens (tertiary/aromatic N) is 1. The van der Waals surface area contributed by atoms with Crippen LogP contribution in [0.2, 0.25) is 0 Å². The second-order valence-electron chi connectivity index (χ2n) is 4.38. The summed E-state index contributed by atoms with van der Waals surface area (Å²) in [5.41, 5.74) is 1.48. The molecule has 0 bridgehead atoms. The highest BCUT2D eigenvalue weighted by Crippen LogP contribution is 2.33. The molecule has 0 radical (unpaired) electrons. The molecule has 1 atom stereocenters. The lowest BCUT2D eigenvalue weighted by molar-refractivity contribution is 0.298. The van der Waals surface area contributed by atoms with Gasteiger partial charge in [-0.05, 0) is 58.2 Å². The molecule has 0 aromatic heterocycles. The van der Waals surface area contributed by atoms with Crippen LogP contribution >= 0.6 is 12.2 Å². The van der Waals surface area contributed by atoms with Crippen LogP contribution in [0.15, 0.2) is 16.6 Å². The van der Waals surface area contributed by atoms with Gasteiger partial charge in [-0.25, -0.2) is 4.99 Å². The molecule has 13 heavy (non-hydrogen) atoms. The first-order chi connectivity index (χ1) is 6.06. The van der Waals surface area contributed by atoms with E-state index in [4.69, 9.17) is 0 Å². The summed E-state index contributed by atoms with van der Waals surface area (Å²) in [4.78, 5) is 4.24. The largest absolute Gasteiger partial charge is 0.226 e. The van der Waals surface area contributed by atoms with Gasteiger partial charge in [-0.2, -0.15) is 0 Å². The van der Waals surface area contributed by atoms with Gasteiger partial charge in [-0.15, -0.1) is 0 Å². The van der Waals surface area contributed by atoms with Crippen LogP contribution < -0.4 is 0 Å². The molecular formula is C11H17NS. The maximum Gasteiger partial charge on any atom is 0.0686 e. The minimum Gasteiger partial charge on any atom is -0.226 e. The van der Waals surface area contributed by atoms with E-state index in [1.54, 1.807) is 0 Å². The summed E-state index contributed by atoms with van der Waals surface area (Å²) in [6.45, 7) is 6.49. The predicted molar refractivity (Wildman–Crippen MR) is 60.2 cm³/mol. The third-order valence-corrected chi connectivity index (χ3v) is 3.06. The lowest BCUT2D eigenvalue weighted by atomic mass is 9.78. The number of isothiocyanates is 1. The lowest BCUT2D eigenvalue weighted by Crippen LogP contribution is -2.29. The molecule has 72 valence electrons. The second-order valence-corrected chi connectivity index (χ2v) is 4.56. The van der Waals surface area contributed by atoms with E-state index in [0.29, 0.717) is 5.92 Å². The quantitative estimate of drug-likeness (QED) is 0.372. The molecule has 1 aliphatic rings. The van der Waals surface area contributed by atoms with Gasteiger partial charge in [0, 0.05) is 0 Å². The summed E-state index contributed by atoms with van der Waals surface area (Å²) < 4.78 is 0. The number of allylic oxidation sites excluding steroid dienone is 2. The fraction of sp³-hybridized carbons (Fsp3) is 0.727. The van der Waals surface area contributed by atoms with Crippen LogP contribution in [-0.4, -0.2) is 10.7 Å². The molecule has 0 saturated heterocycles. The van der Waals surface area contributed by atoms with Crippen molar-refractivity contribution in [3.63, 3.8) is 0 Å². The third-order valence-electron chi connectivity index (χ3n) is 2.97. The standard InChI is InChI=1S/C11H17NS/c1-9-4-6-10(7-5-9)11(2,3)12-8-13/h4,10H,5-7H2,1-3H3. The Balaban J connectivity index is 2.69. The van der Waals surface area contributed by atoms with Gasteiger partial charge in [-0.3, -0.25) is 0 Å². The number of hydrogen-bond donors (Lipinski definition) is 0. The maximum absolute atomic E-state index is 4.66. The van der Waals surface area contributed by atoms with Gasteiger partial charge in [0.2, 0.25) is 0 Å². The van der Waals surface area contributed by atoms with Gasteiger partial charge in [-0.1, -0.05) is 11.6 Å². The molecule has 0 saturated carbocycles. The SMILES string of the molecule is CC1=CCC(C(C)(C)N=C=S)CC1. The first kappa shape index (κ1) is 10.6. The second kappa shape index (κ2) is 4.17. The van der Waals surface area contributed by atoms with Gasteiger partial charge < -0.3 is 0 Å². The van der Waals surface area contributed by atoms with Crippen LogP contribution in [0.3, 0.4) is 0 Å². The smallest absolute Gasteiger partial charge is 0.0686 e. The van der Waals surface area contributed by atoms with Gasteiger partial charge in [0.1, 0.15) is 0 Å². The van der Waals surface area contributed by atoms with Crippen molar-refractivity contribution in [2.75, 3.05) is 0 Å². The summed E-state index contributed by atoms with van der Waals surface area (Å²) in [6, 6.07) is 0. The topological polar surface area (TPSA) is 12.4 Å². The van der Waals surface area contributed by atoms with E-state index in [-0.39, 0.29) is 5.54 Å². The predicted octanol–water partition coefficient (Wildman–Crippen LogP) is 3.61. The average molecular weight is 195 g/mol. The Kier molecular flexibility index (Phi) is 3.40. The zero-order valence-corrected chi connectivity index (χ0v) is 9.45. The minimum absolute atomic E-state index is 0.0288. The van der Waals surface area contributed by atoms with E-state index < -0.39 is 0 Å². The summed E-state index contributed by atoms with van der Waals surface area (Å²) >= 11 is 4.66. The van der Waals surface area contributed by atoms with Crippen molar-refractivity contribution in [3.05, 3.63) is 11.6 Å². The molecule has 2 heteroatoms. The third kappa shape index (κ3) is 2.75. The molecule has 1 aliphatic carbocycles. The van der Waals surface area contributed by atoms with Crippen molar-refractivity contribution in [2.45, 2.75) is 45.6 Å². The first-order valence-electron chi connectivity index (χ1n) is 4.81. The molecular weight excluding hydrogens is 178 g/mol. The van der Waals surface area contributed by atoms with E-state index in [2.05, 4.69) is 49.2 Å². The Bertz CT molecular complexity index is 259. The fourth-order valence-corrected chi connectivity index (χ4v) is 2.05. The Morgan fingerprint density at radius 3 is 2.77 bits per heavy atom. The van der Waals surface area contributed by atoms with Gasteiger partial charge in [0.15, 0.2) is 0 Å². The average Bonchev–Trinajstić information content (AvgIpc) is 2.05. The molecule has 0 fully saturated rings. The van der Waals surface area contributed by atoms with Crippen LogP contribution in [0.5, 0.6) is 0 Å². The molecule has 0 N–H and O–H groups in total. The monoisotopic (exact) mass is 195 g/mol. The van der Waals surface area contributed by atoms with Crippen LogP contribution in [0.4, 0.5) is 0 Å². The zero-order chi connectivity index (χ0) is 9.90. The summed E-state index contributed by atoms with van der Waals surface area (Å²) in [7, 11) is 0. The van der Waals surface area contributed by atoms with Crippen molar-refractivity contribution in [3.8, 4) is 0 Å². The van der Waals surface area contributed by atoms with Crippen molar-refractivity contribution >= 4 is 17.4 Å². The van der Waals surface area contributed by atoms with Gasteiger partial charge in [0.05, 0.1) is 10.7 Å². The van der Waals surface area contributed by atoms with Crippen molar-refractivity contribution in [1.82, 2.24) is 0 Å². The van der Waals surface area contributed by atoms with Crippen LogP contribution in [-0.2, 0) is 0 Å². The van der Waals surface area contributed by atoms with Crippen LogP contribution in [0.25, 0.3) is 0 Å². The molecule has 0 heterocycles. The molecule has 0 aliphatic heterocycles. The van der Waals surface area contributed by atoms with Crippen LogP contribution in [0, 0.1) is 5.92 Å². The van der Waals surface area contributed by atoms with E-state index in [0.717, 1.165) is 6.42 Å². The molecule has 0 amide bonds. The molecule has 0 spiro atoms. The number of rotatable bonds is 2. The highest BCUT2D eigenvalue weighted by Gasteiger charge is 2.29. The normalized spacial score (nSPS) is 23.3. The van der Waals surface area contributed by atoms with E-state index in [1.165, 1.54) is 18.4 Å². The Morgan fingerprint density at radius 2 is 2.31 bits per heavy atom.